The van der Waals surface area contributed by atoms with Gasteiger partial charge in [-0.15, -0.1) is 11.3 Å². The summed E-state index contributed by atoms with van der Waals surface area (Å²) in [5.74, 6) is -0.184. The molecule has 1 heterocycles. The first-order valence-electron chi connectivity index (χ1n) is 5.29. The van der Waals surface area contributed by atoms with Crippen LogP contribution in [0.1, 0.15) is 22.7 Å². The lowest BCUT2D eigenvalue weighted by atomic mass is 9.97. The van der Waals surface area contributed by atoms with Crippen LogP contribution < -0.4 is 5.32 Å². The molecule has 0 saturated heterocycles. The first kappa shape index (κ1) is 13.0. The molecule has 4 heteroatoms. The van der Waals surface area contributed by atoms with Crippen LogP contribution in [0, 0.1) is 15.6 Å². The van der Waals surface area contributed by atoms with E-state index in [2.05, 4.69) is 39.4 Å². The Kier molecular flexibility index (Phi) is 4.17. The summed E-state index contributed by atoms with van der Waals surface area (Å²) in [6.07, 6.45) is 0. The van der Waals surface area contributed by atoms with Gasteiger partial charge in [0.1, 0.15) is 5.82 Å². The Morgan fingerprint density at radius 1 is 1.35 bits per heavy atom. The average Bonchev–Trinajstić information content (AvgIpc) is 2.71. The van der Waals surface area contributed by atoms with Crippen molar-refractivity contribution in [3.63, 3.8) is 0 Å². The van der Waals surface area contributed by atoms with Crippen molar-refractivity contribution in [3.8, 4) is 0 Å². The van der Waals surface area contributed by atoms with E-state index in [1.807, 2.05) is 20.0 Å². The fourth-order valence-electron chi connectivity index (χ4n) is 1.90. The Hall–Kier alpha value is -0.460. The molecule has 17 heavy (non-hydrogen) atoms. The number of hydrogen-bond donors (Lipinski definition) is 1. The van der Waals surface area contributed by atoms with Gasteiger partial charge in [0.05, 0.1) is 8.93 Å². The van der Waals surface area contributed by atoms with Crippen LogP contribution in [0.3, 0.4) is 0 Å². The maximum Gasteiger partial charge on any atom is 0.123 e. The summed E-state index contributed by atoms with van der Waals surface area (Å²) in [5.41, 5.74) is 3.30. The smallest absolute Gasteiger partial charge is 0.123 e. The molecule has 1 aromatic carbocycles. The Morgan fingerprint density at radius 2 is 2.12 bits per heavy atom. The van der Waals surface area contributed by atoms with E-state index in [0.717, 1.165) is 11.1 Å². The van der Waals surface area contributed by atoms with Crippen molar-refractivity contribution in [1.29, 1.82) is 0 Å². The van der Waals surface area contributed by atoms with E-state index in [4.69, 9.17) is 0 Å². The SMILES string of the molecule is CNC(c1csc(I)c1)c1cc(F)ccc1C. The molecule has 90 valence electrons. The minimum absolute atomic E-state index is 0.0606. The zero-order valence-electron chi connectivity index (χ0n) is 9.63. The summed E-state index contributed by atoms with van der Waals surface area (Å²) < 4.78 is 14.6. The molecule has 0 fully saturated rings. The molecule has 0 spiro atoms. The first-order chi connectivity index (χ1) is 8.11. The monoisotopic (exact) mass is 361 g/mol. The summed E-state index contributed by atoms with van der Waals surface area (Å²) in [6, 6.07) is 7.14. The van der Waals surface area contributed by atoms with Gasteiger partial charge in [-0.2, -0.15) is 0 Å². The third-order valence-electron chi connectivity index (χ3n) is 2.76. The predicted molar refractivity (Wildman–Crippen MR) is 79.1 cm³/mol. The summed E-state index contributed by atoms with van der Waals surface area (Å²) in [6.45, 7) is 2.01. The van der Waals surface area contributed by atoms with Crippen LogP contribution in [0.2, 0.25) is 0 Å². The second-order valence-corrected chi connectivity index (χ2v) is 6.71. The molecule has 0 bridgehead atoms. The molecule has 1 N–H and O–H groups in total. The molecule has 0 radical (unpaired) electrons. The van der Waals surface area contributed by atoms with E-state index in [9.17, 15) is 4.39 Å². The lowest BCUT2D eigenvalue weighted by molar-refractivity contribution is 0.615. The fourth-order valence-corrected chi connectivity index (χ4v) is 3.30. The van der Waals surface area contributed by atoms with Gasteiger partial charge in [-0.3, -0.25) is 0 Å². The van der Waals surface area contributed by atoms with Gasteiger partial charge in [-0.1, -0.05) is 6.07 Å². The molecule has 0 amide bonds. The van der Waals surface area contributed by atoms with Crippen LogP contribution in [-0.4, -0.2) is 7.05 Å². The Morgan fingerprint density at radius 3 is 2.71 bits per heavy atom. The second-order valence-electron chi connectivity index (χ2n) is 3.91. The molecule has 1 unspecified atom stereocenters. The maximum atomic E-state index is 13.3. The molecule has 2 rings (SSSR count). The van der Waals surface area contributed by atoms with Gasteiger partial charge in [0.15, 0.2) is 0 Å². The topological polar surface area (TPSA) is 12.0 Å². The van der Waals surface area contributed by atoms with E-state index in [-0.39, 0.29) is 11.9 Å². The van der Waals surface area contributed by atoms with Gasteiger partial charge < -0.3 is 5.32 Å². The number of thiophene rings is 1. The van der Waals surface area contributed by atoms with E-state index in [0.29, 0.717) is 0 Å². The molecular formula is C13H13FINS. The van der Waals surface area contributed by atoms with E-state index in [1.165, 1.54) is 14.5 Å². The number of benzene rings is 1. The van der Waals surface area contributed by atoms with Crippen molar-refractivity contribution in [1.82, 2.24) is 5.32 Å². The van der Waals surface area contributed by atoms with Crippen LogP contribution in [0.5, 0.6) is 0 Å². The number of hydrogen-bond acceptors (Lipinski definition) is 2. The third kappa shape index (κ3) is 2.86. The first-order valence-corrected chi connectivity index (χ1v) is 7.25. The normalized spacial score (nSPS) is 12.7. The molecule has 0 aliphatic carbocycles. The van der Waals surface area contributed by atoms with Gasteiger partial charge in [0, 0.05) is 0 Å². The average molecular weight is 361 g/mol. The molecule has 1 aromatic heterocycles. The maximum absolute atomic E-state index is 13.3. The highest BCUT2D eigenvalue weighted by molar-refractivity contribution is 14.1. The van der Waals surface area contributed by atoms with E-state index >= 15 is 0 Å². The highest BCUT2D eigenvalue weighted by Gasteiger charge is 2.16. The van der Waals surface area contributed by atoms with Crippen LogP contribution in [0.15, 0.2) is 29.6 Å². The van der Waals surface area contributed by atoms with Crippen LogP contribution in [0.25, 0.3) is 0 Å². The van der Waals surface area contributed by atoms with Gasteiger partial charge in [0.25, 0.3) is 0 Å². The number of halogens is 2. The van der Waals surface area contributed by atoms with Gasteiger partial charge in [0.2, 0.25) is 0 Å². The zero-order chi connectivity index (χ0) is 12.4. The van der Waals surface area contributed by atoms with E-state index < -0.39 is 0 Å². The number of nitrogens with one attached hydrogen (secondary N) is 1. The molecular weight excluding hydrogens is 348 g/mol. The van der Waals surface area contributed by atoms with Gasteiger partial charge in [-0.25, -0.2) is 4.39 Å². The van der Waals surface area contributed by atoms with Gasteiger partial charge in [-0.05, 0) is 76.8 Å². The quantitative estimate of drug-likeness (QED) is 0.812. The Balaban J connectivity index is 2.45. The molecule has 2 aromatic rings. The second kappa shape index (κ2) is 5.46. The van der Waals surface area contributed by atoms with Crippen molar-refractivity contribution >= 4 is 33.9 Å². The highest BCUT2D eigenvalue weighted by atomic mass is 127. The van der Waals surface area contributed by atoms with Crippen LogP contribution in [-0.2, 0) is 0 Å². The van der Waals surface area contributed by atoms with Crippen molar-refractivity contribution in [2.75, 3.05) is 7.05 Å². The lowest BCUT2D eigenvalue weighted by Crippen LogP contribution is -2.18. The standard InChI is InChI=1S/C13H13FINS/c1-8-3-4-10(14)6-11(8)13(16-2)9-5-12(15)17-7-9/h3-7,13,16H,1-2H3. The van der Waals surface area contributed by atoms with Crippen molar-refractivity contribution in [2.45, 2.75) is 13.0 Å². The minimum atomic E-state index is -0.184. The number of rotatable bonds is 3. The summed E-state index contributed by atoms with van der Waals surface area (Å²) in [4.78, 5) is 0. The Bertz CT molecular complexity index is 524. The summed E-state index contributed by atoms with van der Waals surface area (Å²) >= 11 is 4.01. The van der Waals surface area contributed by atoms with Crippen LogP contribution >= 0.6 is 33.9 Å². The zero-order valence-corrected chi connectivity index (χ0v) is 12.6. The lowest BCUT2D eigenvalue weighted by Gasteiger charge is -2.18. The van der Waals surface area contributed by atoms with Crippen molar-refractivity contribution in [3.05, 3.63) is 55.0 Å². The number of aryl methyl sites for hydroxylation is 1. The molecule has 1 nitrogen and oxygen atoms in total. The molecule has 0 aliphatic rings. The largest absolute Gasteiger partial charge is 0.309 e. The van der Waals surface area contributed by atoms with Crippen LogP contribution in [0.4, 0.5) is 4.39 Å². The Labute approximate surface area is 118 Å². The van der Waals surface area contributed by atoms with Gasteiger partial charge >= 0.3 is 0 Å². The molecule has 0 aliphatic heterocycles. The molecule has 1 atom stereocenters. The van der Waals surface area contributed by atoms with E-state index in [1.54, 1.807) is 17.4 Å². The molecule has 0 saturated carbocycles. The van der Waals surface area contributed by atoms with Crippen molar-refractivity contribution in [2.24, 2.45) is 0 Å². The van der Waals surface area contributed by atoms with Crippen molar-refractivity contribution < 1.29 is 4.39 Å². The predicted octanol–water partition coefficient (Wildman–Crippen LogP) is 4.11. The fraction of sp³-hybridized carbons (Fsp3) is 0.231. The minimum Gasteiger partial charge on any atom is -0.309 e. The summed E-state index contributed by atoms with van der Waals surface area (Å²) in [7, 11) is 1.90. The highest BCUT2D eigenvalue weighted by Crippen LogP contribution is 2.29. The summed E-state index contributed by atoms with van der Waals surface area (Å²) in [5, 5.41) is 5.37. The third-order valence-corrected chi connectivity index (χ3v) is 4.57.